The van der Waals surface area contributed by atoms with Gasteiger partial charge in [-0.3, -0.25) is 5.32 Å². The highest BCUT2D eigenvalue weighted by atomic mass is 32.2. The van der Waals surface area contributed by atoms with Crippen molar-refractivity contribution in [1.29, 1.82) is 0 Å². The lowest BCUT2D eigenvalue weighted by Crippen LogP contribution is -2.38. The van der Waals surface area contributed by atoms with E-state index in [-0.39, 0.29) is 6.03 Å². The molecule has 2 amide bonds. The third kappa shape index (κ3) is 5.28. The Morgan fingerprint density at radius 3 is 2.80 bits per heavy atom. The van der Waals surface area contributed by atoms with Gasteiger partial charge in [-0.15, -0.1) is 10.2 Å². The van der Waals surface area contributed by atoms with Gasteiger partial charge in [0.1, 0.15) is 0 Å². The van der Waals surface area contributed by atoms with E-state index in [0.29, 0.717) is 17.1 Å². The molecule has 0 atom stereocenters. The number of nitrogens with one attached hydrogen (secondary N) is 2. The van der Waals surface area contributed by atoms with Crippen LogP contribution in [0.3, 0.4) is 0 Å². The topological polar surface area (TPSA) is 66.9 Å². The number of amides is 2. The SMILES string of the molecule is CC(C)CSc1nnc(NC(=O)NC2CCCCC2)s1. The van der Waals surface area contributed by atoms with E-state index in [9.17, 15) is 4.79 Å². The summed E-state index contributed by atoms with van der Waals surface area (Å²) in [5.74, 6) is 1.64. The van der Waals surface area contributed by atoms with Crippen LogP contribution >= 0.6 is 23.1 Å². The molecule has 2 rings (SSSR count). The van der Waals surface area contributed by atoms with Gasteiger partial charge < -0.3 is 5.32 Å². The molecular weight excluding hydrogens is 292 g/mol. The van der Waals surface area contributed by atoms with Crippen molar-refractivity contribution in [1.82, 2.24) is 15.5 Å². The van der Waals surface area contributed by atoms with Gasteiger partial charge in [0.15, 0.2) is 4.34 Å². The van der Waals surface area contributed by atoms with Gasteiger partial charge in [-0.25, -0.2) is 4.79 Å². The Balaban J connectivity index is 1.76. The van der Waals surface area contributed by atoms with Crippen molar-refractivity contribution < 1.29 is 4.79 Å². The van der Waals surface area contributed by atoms with Gasteiger partial charge in [-0.1, -0.05) is 56.2 Å². The van der Waals surface area contributed by atoms with Crippen LogP contribution in [0, 0.1) is 5.92 Å². The van der Waals surface area contributed by atoms with Crippen molar-refractivity contribution >= 4 is 34.3 Å². The maximum Gasteiger partial charge on any atom is 0.321 e. The summed E-state index contributed by atoms with van der Waals surface area (Å²) in [6.07, 6.45) is 5.87. The first-order valence-corrected chi connectivity index (χ1v) is 8.97. The molecule has 1 aliphatic rings. The molecule has 1 fully saturated rings. The van der Waals surface area contributed by atoms with Crippen LogP contribution in [0.15, 0.2) is 4.34 Å². The number of thioether (sulfide) groups is 1. The predicted octanol–water partition coefficient (Wildman–Crippen LogP) is 3.74. The summed E-state index contributed by atoms with van der Waals surface area (Å²) < 4.78 is 0.909. The summed E-state index contributed by atoms with van der Waals surface area (Å²) in [7, 11) is 0. The molecule has 1 aromatic rings. The predicted molar refractivity (Wildman–Crippen MR) is 84.5 cm³/mol. The Morgan fingerprint density at radius 1 is 1.35 bits per heavy atom. The van der Waals surface area contributed by atoms with E-state index in [1.165, 1.54) is 30.6 Å². The molecule has 1 aliphatic carbocycles. The first-order chi connectivity index (χ1) is 9.63. The fraction of sp³-hybridized carbons (Fsp3) is 0.769. The zero-order valence-electron chi connectivity index (χ0n) is 12.0. The number of hydrogen-bond acceptors (Lipinski definition) is 5. The molecular formula is C13H22N4OS2. The Labute approximate surface area is 128 Å². The number of anilines is 1. The molecule has 112 valence electrons. The average molecular weight is 314 g/mol. The van der Waals surface area contributed by atoms with E-state index in [0.717, 1.165) is 22.9 Å². The van der Waals surface area contributed by atoms with E-state index in [1.54, 1.807) is 11.8 Å². The van der Waals surface area contributed by atoms with E-state index < -0.39 is 0 Å². The number of hydrogen-bond donors (Lipinski definition) is 2. The highest BCUT2D eigenvalue weighted by Crippen LogP contribution is 2.27. The molecule has 2 N–H and O–H groups in total. The highest BCUT2D eigenvalue weighted by molar-refractivity contribution is 8.01. The number of urea groups is 1. The van der Waals surface area contributed by atoms with Gasteiger partial charge in [-0.05, 0) is 18.8 Å². The summed E-state index contributed by atoms with van der Waals surface area (Å²) in [6.45, 7) is 4.34. The summed E-state index contributed by atoms with van der Waals surface area (Å²) >= 11 is 3.12. The third-order valence-electron chi connectivity index (χ3n) is 3.11. The van der Waals surface area contributed by atoms with Gasteiger partial charge >= 0.3 is 6.03 Å². The van der Waals surface area contributed by atoms with Crippen molar-refractivity contribution in [2.24, 2.45) is 5.92 Å². The first kappa shape index (κ1) is 15.6. The average Bonchev–Trinajstić information content (AvgIpc) is 2.85. The molecule has 0 saturated heterocycles. The van der Waals surface area contributed by atoms with Gasteiger partial charge in [0, 0.05) is 11.8 Å². The van der Waals surface area contributed by atoms with Crippen LogP contribution in [0.25, 0.3) is 0 Å². The largest absolute Gasteiger partial charge is 0.335 e. The molecule has 0 spiro atoms. The summed E-state index contributed by atoms with van der Waals surface area (Å²) in [5, 5.41) is 14.4. The Bertz CT molecular complexity index is 430. The van der Waals surface area contributed by atoms with Crippen molar-refractivity contribution in [3.05, 3.63) is 0 Å². The maximum atomic E-state index is 11.9. The van der Waals surface area contributed by atoms with Crippen LogP contribution in [-0.4, -0.2) is 28.0 Å². The molecule has 0 radical (unpaired) electrons. The molecule has 7 heteroatoms. The normalized spacial score (nSPS) is 16.4. The van der Waals surface area contributed by atoms with Crippen LogP contribution in [-0.2, 0) is 0 Å². The Kier molecular flexibility index (Phi) is 6.09. The maximum absolute atomic E-state index is 11.9. The fourth-order valence-electron chi connectivity index (χ4n) is 2.12. The molecule has 5 nitrogen and oxygen atoms in total. The second-order valence-corrected chi connectivity index (χ2v) is 7.76. The lowest BCUT2D eigenvalue weighted by atomic mass is 9.96. The lowest BCUT2D eigenvalue weighted by Gasteiger charge is -2.22. The summed E-state index contributed by atoms with van der Waals surface area (Å²) in [5.41, 5.74) is 0. The van der Waals surface area contributed by atoms with Gasteiger partial charge in [-0.2, -0.15) is 0 Å². The van der Waals surface area contributed by atoms with Crippen LogP contribution in [0.4, 0.5) is 9.93 Å². The minimum absolute atomic E-state index is 0.159. The fourth-order valence-corrected chi connectivity index (χ4v) is 3.85. The van der Waals surface area contributed by atoms with Crippen molar-refractivity contribution in [2.45, 2.75) is 56.3 Å². The second-order valence-electron chi connectivity index (χ2n) is 5.51. The Hall–Kier alpha value is -0.820. The highest BCUT2D eigenvalue weighted by Gasteiger charge is 2.16. The van der Waals surface area contributed by atoms with E-state index in [1.807, 2.05) is 0 Å². The lowest BCUT2D eigenvalue weighted by molar-refractivity contribution is 0.244. The Morgan fingerprint density at radius 2 is 2.10 bits per heavy atom. The quantitative estimate of drug-likeness (QED) is 0.642. The molecule has 0 bridgehead atoms. The summed E-state index contributed by atoms with van der Waals surface area (Å²) in [6, 6.07) is 0.153. The van der Waals surface area contributed by atoms with Crippen molar-refractivity contribution in [2.75, 3.05) is 11.1 Å². The van der Waals surface area contributed by atoms with E-state index >= 15 is 0 Å². The number of carbonyl (C=O) groups is 1. The van der Waals surface area contributed by atoms with Crippen molar-refractivity contribution in [3.8, 4) is 0 Å². The minimum atomic E-state index is -0.159. The molecule has 1 heterocycles. The van der Waals surface area contributed by atoms with Crippen LogP contribution in [0.5, 0.6) is 0 Å². The number of rotatable bonds is 5. The van der Waals surface area contributed by atoms with Crippen LogP contribution in [0.1, 0.15) is 46.0 Å². The molecule has 0 unspecified atom stereocenters. The molecule has 0 aromatic carbocycles. The molecule has 0 aliphatic heterocycles. The van der Waals surface area contributed by atoms with Gasteiger partial charge in [0.2, 0.25) is 5.13 Å². The molecule has 1 saturated carbocycles. The van der Waals surface area contributed by atoms with Gasteiger partial charge in [0.05, 0.1) is 0 Å². The number of nitrogens with zero attached hydrogens (tertiary/aromatic N) is 2. The molecule has 1 aromatic heterocycles. The zero-order chi connectivity index (χ0) is 14.4. The second kappa shape index (κ2) is 7.83. The standard InChI is InChI=1S/C13H22N4OS2/c1-9(2)8-19-13-17-16-12(20-13)15-11(18)14-10-6-4-3-5-7-10/h9-10H,3-8H2,1-2H3,(H2,14,15,16,18). The van der Waals surface area contributed by atoms with Crippen LogP contribution in [0.2, 0.25) is 0 Å². The van der Waals surface area contributed by atoms with Crippen molar-refractivity contribution in [3.63, 3.8) is 0 Å². The van der Waals surface area contributed by atoms with Gasteiger partial charge in [0.25, 0.3) is 0 Å². The van der Waals surface area contributed by atoms with E-state index in [2.05, 4.69) is 34.7 Å². The summed E-state index contributed by atoms with van der Waals surface area (Å²) in [4.78, 5) is 11.9. The number of carbonyl (C=O) groups excluding carboxylic acids is 1. The first-order valence-electron chi connectivity index (χ1n) is 7.17. The van der Waals surface area contributed by atoms with E-state index in [4.69, 9.17) is 0 Å². The minimum Gasteiger partial charge on any atom is -0.335 e. The smallest absolute Gasteiger partial charge is 0.321 e. The molecule has 20 heavy (non-hydrogen) atoms. The zero-order valence-corrected chi connectivity index (χ0v) is 13.6. The third-order valence-corrected chi connectivity index (χ3v) is 5.51. The van der Waals surface area contributed by atoms with Crippen LogP contribution < -0.4 is 10.6 Å². The monoisotopic (exact) mass is 314 g/mol. The number of aromatic nitrogens is 2.